The summed E-state index contributed by atoms with van der Waals surface area (Å²) in [7, 11) is 0. The number of unbranched alkanes of at least 4 members (excludes halogenated alkanes) is 2. The molecule has 73 heavy (non-hydrogen) atoms. The minimum absolute atomic E-state index is 0.0920. The number of hydrogen-bond acceptors (Lipinski definition) is 27. The maximum atomic E-state index is 13.2. The SMILES string of the molecule is CCNC(=O)CCCCCNC(=O)CN(CC(=O)NCCO[C@H]1O[C@H](CO)[C@@H](O)[C@H](O)[C@@H]1O)CC(=O)NCCO[C@H]1O[C@H](CO[C@H]2O[C@H](CO)[C@@H](O)[C@H](O)[C@@H]2O)[C@@H](O)[C@H](O[C@H]2O[C@H](CO)[C@@H](O)[C@H](O)[C@@H]2O)[C@@H]1O. The molecule has 4 saturated heterocycles. The van der Waals surface area contributed by atoms with E-state index >= 15 is 0 Å². The number of aliphatic hydroxyl groups is 14. The second-order valence-electron chi connectivity index (χ2n) is 17.8. The van der Waals surface area contributed by atoms with Gasteiger partial charge in [-0.2, -0.15) is 0 Å². The van der Waals surface area contributed by atoms with E-state index in [4.69, 9.17) is 37.9 Å². The molecule has 4 rings (SSSR count). The topological polar surface area (TPSA) is 477 Å². The molecule has 0 spiro atoms. The van der Waals surface area contributed by atoms with E-state index in [1.807, 2.05) is 0 Å². The average molecular weight is 1070 g/mol. The van der Waals surface area contributed by atoms with Crippen molar-refractivity contribution in [1.82, 2.24) is 26.2 Å². The van der Waals surface area contributed by atoms with Gasteiger partial charge in [-0.1, -0.05) is 6.42 Å². The second-order valence-corrected chi connectivity index (χ2v) is 17.8. The van der Waals surface area contributed by atoms with E-state index in [2.05, 4.69) is 21.3 Å². The van der Waals surface area contributed by atoms with Crippen LogP contribution in [0.15, 0.2) is 0 Å². The fraction of sp³-hybridized carbons (Fsp3) is 0.905. The van der Waals surface area contributed by atoms with Gasteiger partial charge >= 0.3 is 0 Å². The van der Waals surface area contributed by atoms with Crippen molar-refractivity contribution in [1.29, 1.82) is 0 Å². The molecule has 0 aromatic carbocycles. The van der Waals surface area contributed by atoms with Crippen molar-refractivity contribution in [3.05, 3.63) is 0 Å². The number of carbonyl (C=O) groups excluding carboxylic acids is 4. The third kappa shape index (κ3) is 18.3. The van der Waals surface area contributed by atoms with Gasteiger partial charge in [0.15, 0.2) is 25.2 Å². The molecule has 0 aromatic heterocycles. The molecule has 20 atom stereocenters. The lowest BCUT2D eigenvalue weighted by atomic mass is 9.96. The Balaban J connectivity index is 1.36. The van der Waals surface area contributed by atoms with Gasteiger partial charge in [0, 0.05) is 32.6 Å². The van der Waals surface area contributed by atoms with E-state index in [0.29, 0.717) is 32.2 Å². The van der Waals surface area contributed by atoms with Crippen molar-refractivity contribution in [2.75, 3.05) is 85.5 Å². The molecule has 31 nitrogen and oxygen atoms in total. The summed E-state index contributed by atoms with van der Waals surface area (Å²) in [6.07, 6.45) is -32.1. The molecule has 0 aliphatic carbocycles. The van der Waals surface area contributed by atoms with Crippen molar-refractivity contribution in [2.24, 2.45) is 0 Å². The van der Waals surface area contributed by atoms with Gasteiger partial charge in [-0.3, -0.25) is 24.1 Å². The molecule has 0 bridgehead atoms. The standard InChI is InChI=1S/C42H75N5O26/c1-2-43-23(51)6-4-3-5-7-44-24(52)12-47(13-25(53)45-8-10-66-39-34(62)31(59)27(55)19(15-48)69-39)14-26(54)46-9-11-67-41-37(65)38(73-42-36(64)33(61)29(57)21(17-50)71-42)30(58)22(72-41)18-68-40-35(63)32(60)28(56)20(16-49)70-40/h19-22,27-42,48-50,55-65H,2-18H2,1H3,(H,43,51)(H,44,52)(H,45,53)(H,46,54)/t19-,20-,21-,22-,27-,28-,29-,30-,31+,32+,33+,34+,35+,36+,37+,38+,39+,40+,41+,42-/m1/s1. The summed E-state index contributed by atoms with van der Waals surface area (Å²) in [6.45, 7) is -3.19. The van der Waals surface area contributed by atoms with Crippen LogP contribution in [0.1, 0.15) is 32.6 Å². The zero-order valence-electron chi connectivity index (χ0n) is 40.2. The minimum Gasteiger partial charge on any atom is -0.394 e. The molecule has 4 aliphatic rings. The largest absolute Gasteiger partial charge is 0.394 e. The van der Waals surface area contributed by atoms with Gasteiger partial charge in [0.2, 0.25) is 23.6 Å². The Morgan fingerprint density at radius 3 is 1.32 bits per heavy atom. The van der Waals surface area contributed by atoms with E-state index in [1.54, 1.807) is 6.92 Å². The lowest BCUT2D eigenvalue weighted by Crippen LogP contribution is -2.65. The zero-order chi connectivity index (χ0) is 53.9. The van der Waals surface area contributed by atoms with Crippen LogP contribution < -0.4 is 21.3 Å². The molecule has 4 amide bonds. The Labute approximate surface area is 418 Å². The smallest absolute Gasteiger partial charge is 0.234 e. The lowest BCUT2D eigenvalue weighted by molar-refractivity contribution is -0.366. The predicted molar refractivity (Wildman–Crippen MR) is 237 cm³/mol. The Bertz CT molecular complexity index is 1660. The maximum absolute atomic E-state index is 13.2. The monoisotopic (exact) mass is 1070 g/mol. The van der Waals surface area contributed by atoms with Crippen LogP contribution in [-0.4, -0.2) is 308 Å². The number of aliphatic hydroxyl groups excluding tert-OH is 14. The van der Waals surface area contributed by atoms with Crippen LogP contribution >= 0.6 is 0 Å². The highest BCUT2D eigenvalue weighted by Gasteiger charge is 2.52. The van der Waals surface area contributed by atoms with E-state index in [1.165, 1.54) is 4.90 Å². The van der Waals surface area contributed by atoms with Crippen LogP contribution in [0.4, 0.5) is 0 Å². The zero-order valence-corrected chi connectivity index (χ0v) is 40.2. The summed E-state index contributed by atoms with van der Waals surface area (Å²) in [4.78, 5) is 52.1. The summed E-state index contributed by atoms with van der Waals surface area (Å²) in [5, 5.41) is 154. The number of nitrogens with zero attached hydrogens (tertiary/aromatic N) is 1. The number of rotatable bonds is 29. The lowest BCUT2D eigenvalue weighted by Gasteiger charge is -2.46. The van der Waals surface area contributed by atoms with E-state index in [9.17, 15) is 90.7 Å². The molecule has 0 radical (unpaired) electrons. The van der Waals surface area contributed by atoms with Crippen LogP contribution in [0.3, 0.4) is 0 Å². The van der Waals surface area contributed by atoms with Gasteiger partial charge in [-0.15, -0.1) is 0 Å². The van der Waals surface area contributed by atoms with Gasteiger partial charge in [0.05, 0.1) is 59.3 Å². The molecule has 18 N–H and O–H groups in total. The van der Waals surface area contributed by atoms with E-state index in [0.717, 1.165) is 0 Å². The Morgan fingerprint density at radius 2 is 0.849 bits per heavy atom. The average Bonchev–Trinajstić information content (AvgIpc) is 3.36. The Hall–Kier alpha value is -3.04. The number of hydrogen-bond donors (Lipinski definition) is 18. The third-order valence-corrected chi connectivity index (χ3v) is 12.2. The molecule has 4 fully saturated rings. The highest BCUT2D eigenvalue weighted by Crippen LogP contribution is 2.31. The molecule has 0 saturated carbocycles. The van der Waals surface area contributed by atoms with Gasteiger partial charge in [0.25, 0.3) is 0 Å². The molecular formula is C42H75N5O26. The fourth-order valence-corrected chi connectivity index (χ4v) is 8.05. The summed E-state index contributed by atoms with van der Waals surface area (Å²) in [6, 6.07) is 0. The summed E-state index contributed by atoms with van der Waals surface area (Å²) in [5.74, 6) is -2.04. The quantitative estimate of drug-likeness (QED) is 0.0309. The van der Waals surface area contributed by atoms with Gasteiger partial charge in [-0.25, -0.2) is 0 Å². The van der Waals surface area contributed by atoms with Gasteiger partial charge in [-0.05, 0) is 19.8 Å². The first-order valence-corrected chi connectivity index (χ1v) is 24.0. The van der Waals surface area contributed by atoms with Crippen molar-refractivity contribution in [2.45, 2.75) is 155 Å². The van der Waals surface area contributed by atoms with Crippen LogP contribution in [0.5, 0.6) is 0 Å². The van der Waals surface area contributed by atoms with Crippen LogP contribution in [0.25, 0.3) is 0 Å². The van der Waals surface area contributed by atoms with Crippen molar-refractivity contribution in [3.63, 3.8) is 0 Å². The molecule has 31 heteroatoms. The number of amides is 4. The fourth-order valence-electron chi connectivity index (χ4n) is 8.05. The van der Waals surface area contributed by atoms with Gasteiger partial charge < -0.3 is 131 Å². The molecule has 0 aromatic rings. The summed E-state index contributed by atoms with van der Waals surface area (Å²) >= 11 is 0. The van der Waals surface area contributed by atoms with E-state index in [-0.39, 0.29) is 32.1 Å². The molecular weight excluding hydrogens is 990 g/mol. The number of carbonyl (C=O) groups is 4. The van der Waals surface area contributed by atoms with Crippen LogP contribution in [0.2, 0.25) is 0 Å². The summed E-state index contributed by atoms with van der Waals surface area (Å²) < 4.78 is 44.1. The van der Waals surface area contributed by atoms with E-state index < -0.39 is 193 Å². The first-order valence-electron chi connectivity index (χ1n) is 24.0. The van der Waals surface area contributed by atoms with Crippen LogP contribution in [-0.2, 0) is 57.1 Å². The Morgan fingerprint density at radius 1 is 0.438 bits per heavy atom. The first-order chi connectivity index (χ1) is 34.8. The number of ether oxygens (including phenoxy) is 8. The summed E-state index contributed by atoms with van der Waals surface area (Å²) in [5.41, 5.74) is 0. The molecule has 4 aliphatic heterocycles. The normalized spacial score (nSPS) is 36.9. The second kappa shape index (κ2) is 31.2. The van der Waals surface area contributed by atoms with Crippen molar-refractivity contribution >= 4 is 23.6 Å². The Kier molecular flexibility index (Phi) is 26.8. The van der Waals surface area contributed by atoms with Crippen molar-refractivity contribution < 1.29 is 129 Å². The number of nitrogens with one attached hydrogen (secondary N) is 4. The highest BCUT2D eigenvalue weighted by atomic mass is 16.8. The third-order valence-electron chi connectivity index (χ3n) is 12.2. The minimum atomic E-state index is -1.98. The maximum Gasteiger partial charge on any atom is 0.234 e. The highest BCUT2D eigenvalue weighted by molar-refractivity contribution is 5.84. The van der Waals surface area contributed by atoms with Crippen LogP contribution in [0, 0.1) is 0 Å². The van der Waals surface area contributed by atoms with Crippen molar-refractivity contribution in [3.8, 4) is 0 Å². The molecule has 4 heterocycles. The van der Waals surface area contributed by atoms with Gasteiger partial charge in [0.1, 0.15) is 97.7 Å². The first kappa shape index (κ1) is 62.5. The predicted octanol–water partition coefficient (Wildman–Crippen LogP) is -11.4. The molecule has 424 valence electrons. The molecule has 0 unspecified atom stereocenters.